The molecule has 0 aliphatic carbocycles. The maximum atomic E-state index is 3.73. The number of allylic oxidation sites excluding steroid dienone is 3. The van der Waals surface area contributed by atoms with Crippen LogP contribution in [0.3, 0.4) is 0 Å². The predicted octanol–water partition coefficient (Wildman–Crippen LogP) is 3.16. The van der Waals surface area contributed by atoms with Gasteiger partial charge in [-0.05, 0) is 17.9 Å². The first kappa shape index (κ1) is 8.48. The van der Waals surface area contributed by atoms with Crippen molar-refractivity contribution in [3.8, 4) is 0 Å². The van der Waals surface area contributed by atoms with Crippen LogP contribution in [0, 0.1) is 5.41 Å². The molecule has 0 unspecified atom stereocenters. The predicted molar refractivity (Wildman–Crippen MR) is 43.4 cm³/mol. The maximum Gasteiger partial charge on any atom is -0.0135 e. The first-order chi connectivity index (χ1) is 4.02. The van der Waals surface area contributed by atoms with Gasteiger partial charge in [-0.1, -0.05) is 39.5 Å². The van der Waals surface area contributed by atoms with E-state index in [0.29, 0.717) is 0 Å². The van der Waals surface area contributed by atoms with E-state index in [1.54, 1.807) is 0 Å². The van der Waals surface area contributed by atoms with Crippen molar-refractivity contribution in [2.75, 3.05) is 0 Å². The summed E-state index contributed by atoms with van der Waals surface area (Å²) in [5.74, 6) is 0. The highest BCUT2D eigenvalue weighted by molar-refractivity contribution is 5.21. The number of hydrogen-bond donors (Lipinski definition) is 0. The third-order valence-corrected chi connectivity index (χ3v) is 1.40. The van der Waals surface area contributed by atoms with Crippen LogP contribution in [0.25, 0.3) is 0 Å². The normalized spacial score (nSPS) is 13.6. The van der Waals surface area contributed by atoms with Crippen LogP contribution in [0.1, 0.15) is 27.7 Å². The van der Waals surface area contributed by atoms with Gasteiger partial charge in [0.25, 0.3) is 0 Å². The Hall–Kier alpha value is -0.520. The summed E-state index contributed by atoms with van der Waals surface area (Å²) in [6, 6.07) is 0. The van der Waals surface area contributed by atoms with E-state index in [1.807, 2.05) is 13.0 Å². The molecule has 0 radical (unpaired) electrons. The zero-order valence-corrected chi connectivity index (χ0v) is 6.86. The molecule has 0 amide bonds. The van der Waals surface area contributed by atoms with Gasteiger partial charge in [0.1, 0.15) is 0 Å². The second-order valence-corrected chi connectivity index (χ2v) is 3.20. The fraction of sp³-hybridized carbons (Fsp3) is 0.556. The van der Waals surface area contributed by atoms with Crippen molar-refractivity contribution in [1.82, 2.24) is 0 Å². The van der Waals surface area contributed by atoms with E-state index >= 15 is 0 Å². The lowest BCUT2D eigenvalue weighted by Crippen LogP contribution is -2.06. The van der Waals surface area contributed by atoms with Gasteiger partial charge < -0.3 is 0 Å². The van der Waals surface area contributed by atoms with Crippen molar-refractivity contribution in [1.29, 1.82) is 0 Å². The Balaban J connectivity index is 4.32. The van der Waals surface area contributed by atoms with E-state index in [2.05, 4.69) is 33.4 Å². The van der Waals surface area contributed by atoms with Crippen LogP contribution >= 0.6 is 0 Å². The average Bonchev–Trinajstić information content (AvgIpc) is 1.65. The van der Waals surface area contributed by atoms with Crippen LogP contribution in [0.4, 0.5) is 0 Å². The van der Waals surface area contributed by atoms with Gasteiger partial charge in [0.2, 0.25) is 0 Å². The van der Waals surface area contributed by atoms with Crippen molar-refractivity contribution in [3.63, 3.8) is 0 Å². The molecule has 0 N–H and O–H groups in total. The average molecular weight is 124 g/mol. The van der Waals surface area contributed by atoms with Gasteiger partial charge in [0.05, 0.1) is 0 Å². The van der Waals surface area contributed by atoms with Gasteiger partial charge in [-0.25, -0.2) is 0 Å². The summed E-state index contributed by atoms with van der Waals surface area (Å²) in [6.45, 7) is 12.3. The zero-order valence-electron chi connectivity index (χ0n) is 6.86. The highest BCUT2D eigenvalue weighted by atomic mass is 14.2. The standard InChI is InChI=1S/C9H16/c1-6-8(7-2)9(3,4)5/h6-7H,1H2,2-5H3/b8-7+. The van der Waals surface area contributed by atoms with Crippen LogP contribution in [0.15, 0.2) is 24.3 Å². The van der Waals surface area contributed by atoms with Crippen LogP contribution in [0.2, 0.25) is 0 Å². The summed E-state index contributed by atoms with van der Waals surface area (Å²) in [6.07, 6.45) is 4.02. The Bertz CT molecular complexity index is 121. The summed E-state index contributed by atoms with van der Waals surface area (Å²) < 4.78 is 0. The SMILES string of the molecule is C=C/C(=C\C)C(C)(C)C. The van der Waals surface area contributed by atoms with Crippen LogP contribution in [0.5, 0.6) is 0 Å². The van der Waals surface area contributed by atoms with Crippen LogP contribution in [-0.2, 0) is 0 Å². The minimum atomic E-state index is 0.260. The van der Waals surface area contributed by atoms with E-state index in [0.717, 1.165) is 0 Å². The molecule has 0 rings (SSSR count). The first-order valence-electron chi connectivity index (χ1n) is 3.31. The lowest BCUT2D eigenvalue weighted by Gasteiger charge is -2.19. The summed E-state index contributed by atoms with van der Waals surface area (Å²) in [5, 5.41) is 0. The Morgan fingerprint density at radius 1 is 1.33 bits per heavy atom. The monoisotopic (exact) mass is 124 g/mol. The van der Waals surface area contributed by atoms with E-state index in [4.69, 9.17) is 0 Å². The minimum absolute atomic E-state index is 0.260. The Morgan fingerprint density at radius 3 is 1.78 bits per heavy atom. The molecule has 0 heteroatoms. The highest BCUT2D eigenvalue weighted by Gasteiger charge is 2.11. The number of hydrogen-bond acceptors (Lipinski definition) is 0. The van der Waals surface area contributed by atoms with Crippen molar-refractivity contribution in [3.05, 3.63) is 24.3 Å². The Morgan fingerprint density at radius 2 is 1.78 bits per heavy atom. The highest BCUT2D eigenvalue weighted by Crippen LogP contribution is 2.24. The van der Waals surface area contributed by atoms with E-state index in [1.165, 1.54) is 5.57 Å². The Kier molecular flexibility index (Phi) is 2.69. The molecule has 0 heterocycles. The van der Waals surface area contributed by atoms with Crippen LogP contribution in [-0.4, -0.2) is 0 Å². The van der Waals surface area contributed by atoms with Gasteiger partial charge in [0.15, 0.2) is 0 Å². The molecule has 0 bridgehead atoms. The fourth-order valence-corrected chi connectivity index (χ4v) is 0.857. The third kappa shape index (κ3) is 2.50. The second kappa shape index (κ2) is 2.86. The summed E-state index contributed by atoms with van der Waals surface area (Å²) in [5.41, 5.74) is 1.57. The maximum absolute atomic E-state index is 3.73. The largest absolute Gasteiger partial charge is 0.0988 e. The lowest BCUT2D eigenvalue weighted by atomic mass is 9.86. The smallest absolute Gasteiger partial charge is 0.0135 e. The van der Waals surface area contributed by atoms with Crippen molar-refractivity contribution >= 4 is 0 Å². The number of rotatable bonds is 1. The van der Waals surface area contributed by atoms with Gasteiger partial charge in [-0.15, -0.1) is 0 Å². The molecule has 0 aromatic carbocycles. The van der Waals surface area contributed by atoms with Gasteiger partial charge in [-0.3, -0.25) is 0 Å². The lowest BCUT2D eigenvalue weighted by molar-refractivity contribution is 0.516. The molecule has 0 aromatic heterocycles. The van der Waals surface area contributed by atoms with Crippen molar-refractivity contribution in [2.45, 2.75) is 27.7 Å². The van der Waals surface area contributed by atoms with E-state index in [9.17, 15) is 0 Å². The summed E-state index contributed by atoms with van der Waals surface area (Å²) in [4.78, 5) is 0. The molecule has 0 nitrogen and oxygen atoms in total. The molecule has 0 saturated heterocycles. The van der Waals surface area contributed by atoms with E-state index < -0.39 is 0 Å². The molecule has 0 aliphatic heterocycles. The third-order valence-electron chi connectivity index (χ3n) is 1.40. The second-order valence-electron chi connectivity index (χ2n) is 3.20. The molecular weight excluding hydrogens is 108 g/mol. The van der Waals surface area contributed by atoms with Gasteiger partial charge in [0, 0.05) is 0 Å². The van der Waals surface area contributed by atoms with Crippen molar-refractivity contribution < 1.29 is 0 Å². The molecule has 52 valence electrons. The Labute approximate surface area is 58.3 Å². The molecule has 0 saturated carbocycles. The molecule has 0 spiro atoms. The van der Waals surface area contributed by atoms with Gasteiger partial charge in [-0.2, -0.15) is 0 Å². The molecule has 9 heavy (non-hydrogen) atoms. The fourth-order valence-electron chi connectivity index (χ4n) is 0.857. The van der Waals surface area contributed by atoms with Gasteiger partial charge >= 0.3 is 0 Å². The molecule has 0 fully saturated rings. The van der Waals surface area contributed by atoms with Crippen LogP contribution < -0.4 is 0 Å². The molecule has 0 aliphatic rings. The first-order valence-corrected chi connectivity index (χ1v) is 3.31. The summed E-state index contributed by atoms with van der Waals surface area (Å²) in [7, 11) is 0. The molecular formula is C9H16. The quantitative estimate of drug-likeness (QED) is 0.471. The van der Waals surface area contributed by atoms with E-state index in [-0.39, 0.29) is 5.41 Å². The van der Waals surface area contributed by atoms with Crippen molar-refractivity contribution in [2.24, 2.45) is 5.41 Å². The molecule has 0 atom stereocenters. The topological polar surface area (TPSA) is 0 Å². The zero-order chi connectivity index (χ0) is 7.49. The summed E-state index contributed by atoms with van der Waals surface area (Å²) >= 11 is 0. The minimum Gasteiger partial charge on any atom is -0.0988 e. The molecule has 0 aromatic rings.